The van der Waals surface area contributed by atoms with Gasteiger partial charge in [-0.1, -0.05) is 13.0 Å². The van der Waals surface area contributed by atoms with Gasteiger partial charge in [-0.15, -0.1) is 0 Å². The van der Waals surface area contributed by atoms with E-state index in [-0.39, 0.29) is 11.6 Å². The maximum Gasteiger partial charge on any atom is 0.486 e. The molecule has 0 saturated carbocycles. The number of hydrogen-bond acceptors (Lipinski definition) is 4. The van der Waals surface area contributed by atoms with Crippen LogP contribution in [0, 0.1) is 5.92 Å². The van der Waals surface area contributed by atoms with E-state index in [9.17, 15) is 9.82 Å². The van der Waals surface area contributed by atoms with Crippen molar-refractivity contribution in [3.8, 4) is 0 Å². The summed E-state index contributed by atoms with van der Waals surface area (Å²) in [4.78, 5) is 11.4. The van der Waals surface area contributed by atoms with Crippen LogP contribution in [0.3, 0.4) is 0 Å². The molecule has 1 aliphatic rings. The normalized spacial score (nSPS) is 19.4. The minimum atomic E-state index is -0.825. The molecule has 1 rings (SSSR count). The Balaban J connectivity index is 2.45. The molecule has 1 N–H and O–H groups in total. The van der Waals surface area contributed by atoms with Crippen LogP contribution in [-0.4, -0.2) is 30.3 Å². The van der Waals surface area contributed by atoms with Gasteiger partial charge in [0.25, 0.3) is 0 Å². The highest BCUT2D eigenvalue weighted by Crippen LogP contribution is 2.29. The summed E-state index contributed by atoms with van der Waals surface area (Å²) in [6.07, 6.45) is 5.82. The van der Waals surface area contributed by atoms with Crippen LogP contribution >= 0.6 is 0 Å². The van der Waals surface area contributed by atoms with Crippen molar-refractivity contribution in [2.75, 3.05) is 6.61 Å². The number of rotatable bonds is 7. The van der Waals surface area contributed by atoms with E-state index >= 15 is 0 Å². The molecule has 1 unspecified atom stereocenters. The Hall–Kier alpha value is -0.805. The third-order valence-electron chi connectivity index (χ3n) is 3.91. The average Bonchev–Trinajstić information content (AvgIpc) is 2.39. The SMILES string of the molecule is CCOC(=O)CC1CC=C(B(O)OC(C)(C)CC)CC1. The first-order valence-corrected chi connectivity index (χ1v) is 7.58. The fourth-order valence-corrected chi connectivity index (χ4v) is 2.24. The summed E-state index contributed by atoms with van der Waals surface area (Å²) in [6.45, 7) is 8.24. The average molecular weight is 282 g/mol. The number of carbonyl (C=O) groups is 1. The molecule has 5 heteroatoms. The first-order chi connectivity index (χ1) is 9.38. The number of allylic oxidation sites excluding steroid dienone is 2. The van der Waals surface area contributed by atoms with Gasteiger partial charge < -0.3 is 14.4 Å². The van der Waals surface area contributed by atoms with E-state index in [0.29, 0.717) is 18.9 Å². The highest BCUT2D eigenvalue weighted by atomic mass is 16.5. The Morgan fingerprint density at radius 3 is 2.70 bits per heavy atom. The number of hydrogen-bond donors (Lipinski definition) is 1. The minimum Gasteiger partial charge on any atom is -0.466 e. The van der Waals surface area contributed by atoms with Crippen molar-refractivity contribution in [2.45, 2.75) is 65.4 Å². The fraction of sp³-hybridized carbons (Fsp3) is 0.800. The number of esters is 1. The molecule has 0 aromatic heterocycles. The highest BCUT2D eigenvalue weighted by Gasteiger charge is 2.30. The molecule has 0 aliphatic heterocycles. The molecular weight excluding hydrogens is 255 g/mol. The minimum absolute atomic E-state index is 0.127. The highest BCUT2D eigenvalue weighted by molar-refractivity contribution is 6.52. The van der Waals surface area contributed by atoms with E-state index in [1.807, 2.05) is 33.8 Å². The van der Waals surface area contributed by atoms with E-state index in [4.69, 9.17) is 9.39 Å². The molecule has 0 spiro atoms. The van der Waals surface area contributed by atoms with Crippen molar-refractivity contribution >= 4 is 13.1 Å². The maximum absolute atomic E-state index is 11.4. The van der Waals surface area contributed by atoms with Crippen LogP contribution in [0.25, 0.3) is 0 Å². The second-order valence-corrected chi connectivity index (χ2v) is 6.01. The summed E-state index contributed by atoms with van der Waals surface area (Å²) in [5.74, 6) is 0.197. The molecule has 0 amide bonds. The molecule has 0 saturated heterocycles. The Labute approximate surface area is 122 Å². The second kappa shape index (κ2) is 7.84. The maximum atomic E-state index is 11.4. The predicted octanol–water partition coefficient (Wildman–Crippen LogP) is 2.89. The zero-order chi connectivity index (χ0) is 15.2. The van der Waals surface area contributed by atoms with Gasteiger partial charge in [0.05, 0.1) is 6.61 Å². The molecule has 0 fully saturated rings. The third-order valence-corrected chi connectivity index (χ3v) is 3.91. The first kappa shape index (κ1) is 17.2. The largest absolute Gasteiger partial charge is 0.486 e. The summed E-state index contributed by atoms with van der Waals surface area (Å²) in [5, 5.41) is 10.1. The van der Waals surface area contributed by atoms with Gasteiger partial charge in [0.2, 0.25) is 0 Å². The summed E-state index contributed by atoms with van der Waals surface area (Å²) in [7, 11) is -0.825. The van der Waals surface area contributed by atoms with Crippen molar-refractivity contribution in [1.29, 1.82) is 0 Å². The molecule has 1 atom stereocenters. The van der Waals surface area contributed by atoms with E-state index in [1.165, 1.54) is 0 Å². The quantitative estimate of drug-likeness (QED) is 0.576. The zero-order valence-corrected chi connectivity index (χ0v) is 13.1. The third kappa shape index (κ3) is 5.67. The molecule has 0 radical (unpaired) electrons. The second-order valence-electron chi connectivity index (χ2n) is 6.01. The summed E-state index contributed by atoms with van der Waals surface area (Å²) >= 11 is 0. The van der Waals surface area contributed by atoms with Crippen molar-refractivity contribution in [3.05, 3.63) is 11.5 Å². The van der Waals surface area contributed by atoms with E-state index in [2.05, 4.69) is 0 Å². The summed E-state index contributed by atoms with van der Waals surface area (Å²) in [5.41, 5.74) is 0.619. The summed E-state index contributed by atoms with van der Waals surface area (Å²) in [6, 6.07) is 0. The molecule has 1 aliphatic carbocycles. The van der Waals surface area contributed by atoms with Crippen LogP contribution in [0.2, 0.25) is 0 Å². The zero-order valence-electron chi connectivity index (χ0n) is 13.1. The van der Waals surface area contributed by atoms with Gasteiger partial charge in [-0.3, -0.25) is 4.79 Å². The van der Waals surface area contributed by atoms with Crippen molar-refractivity contribution in [1.82, 2.24) is 0 Å². The lowest BCUT2D eigenvalue weighted by Gasteiger charge is -2.29. The lowest BCUT2D eigenvalue weighted by Crippen LogP contribution is -2.35. The molecule has 0 bridgehead atoms. The van der Waals surface area contributed by atoms with Crippen molar-refractivity contribution in [3.63, 3.8) is 0 Å². The van der Waals surface area contributed by atoms with E-state index in [0.717, 1.165) is 31.2 Å². The Bertz CT molecular complexity index is 352. The molecule has 20 heavy (non-hydrogen) atoms. The van der Waals surface area contributed by atoms with Crippen LogP contribution in [0.4, 0.5) is 0 Å². The lowest BCUT2D eigenvalue weighted by molar-refractivity contribution is -0.144. The topological polar surface area (TPSA) is 55.8 Å². The van der Waals surface area contributed by atoms with Crippen molar-refractivity contribution < 1.29 is 19.2 Å². The summed E-state index contributed by atoms with van der Waals surface area (Å²) < 4.78 is 10.6. The standard InChI is InChI=1S/C15H27BO4/c1-5-15(3,4)20-16(18)13-9-7-12(8-10-13)11-14(17)19-6-2/h9,12,18H,5-8,10-11H2,1-4H3. The van der Waals surface area contributed by atoms with Crippen molar-refractivity contribution in [2.24, 2.45) is 5.92 Å². The molecule has 4 nitrogen and oxygen atoms in total. The Morgan fingerprint density at radius 1 is 1.50 bits per heavy atom. The number of ether oxygens (including phenoxy) is 1. The lowest BCUT2D eigenvalue weighted by atomic mass is 9.70. The van der Waals surface area contributed by atoms with Gasteiger partial charge in [-0.2, -0.15) is 0 Å². The number of carbonyl (C=O) groups excluding carboxylic acids is 1. The van der Waals surface area contributed by atoms with Gasteiger partial charge in [0.1, 0.15) is 0 Å². The van der Waals surface area contributed by atoms with Gasteiger partial charge in [0, 0.05) is 12.0 Å². The van der Waals surface area contributed by atoms with Gasteiger partial charge in [-0.25, -0.2) is 0 Å². The Kier molecular flexibility index (Phi) is 6.76. The van der Waals surface area contributed by atoms with Crippen LogP contribution in [-0.2, 0) is 14.2 Å². The molecule has 0 heterocycles. The molecule has 114 valence electrons. The molecule has 0 aromatic rings. The van der Waals surface area contributed by atoms with Crippen LogP contribution in [0.15, 0.2) is 11.5 Å². The fourth-order valence-electron chi connectivity index (χ4n) is 2.24. The van der Waals surface area contributed by atoms with E-state index in [1.54, 1.807) is 0 Å². The van der Waals surface area contributed by atoms with Crippen LogP contribution in [0.1, 0.15) is 59.8 Å². The molecular formula is C15H27BO4. The van der Waals surface area contributed by atoms with Gasteiger partial charge in [-0.05, 0) is 57.8 Å². The Morgan fingerprint density at radius 2 is 2.20 bits per heavy atom. The molecule has 0 aromatic carbocycles. The predicted molar refractivity (Wildman–Crippen MR) is 80.1 cm³/mol. The van der Waals surface area contributed by atoms with Gasteiger partial charge >= 0.3 is 13.1 Å². The van der Waals surface area contributed by atoms with Gasteiger partial charge in [0.15, 0.2) is 0 Å². The smallest absolute Gasteiger partial charge is 0.466 e. The van der Waals surface area contributed by atoms with Crippen LogP contribution in [0.5, 0.6) is 0 Å². The van der Waals surface area contributed by atoms with E-state index < -0.39 is 7.12 Å². The first-order valence-electron chi connectivity index (χ1n) is 7.58. The van der Waals surface area contributed by atoms with Crippen LogP contribution < -0.4 is 0 Å². The monoisotopic (exact) mass is 282 g/mol.